The molecule has 1 heterocycles. The molecule has 1 saturated carbocycles. The van der Waals surface area contributed by atoms with Crippen LogP contribution in [0.5, 0.6) is 5.75 Å². The van der Waals surface area contributed by atoms with Crippen molar-refractivity contribution >= 4 is 12.0 Å². The molecule has 128 valence electrons. The summed E-state index contributed by atoms with van der Waals surface area (Å²) in [6.45, 7) is 0.726. The minimum Gasteiger partial charge on any atom is -0.493 e. The van der Waals surface area contributed by atoms with Crippen molar-refractivity contribution < 1.29 is 13.9 Å². The molecule has 0 spiro atoms. The number of ether oxygens (including phenoxy) is 1. The SMILES string of the molecule is O=C(C=Cc1ccc2c(c1)CCO2)NC(c1ccc(F)cc1)C1CC1. The number of halogens is 1. The molecule has 1 aliphatic heterocycles. The summed E-state index contributed by atoms with van der Waals surface area (Å²) >= 11 is 0. The van der Waals surface area contributed by atoms with Gasteiger partial charge in [0.25, 0.3) is 0 Å². The number of amides is 1. The number of nitrogens with one attached hydrogen (secondary N) is 1. The second kappa shape index (κ2) is 6.71. The van der Waals surface area contributed by atoms with E-state index in [4.69, 9.17) is 4.74 Å². The van der Waals surface area contributed by atoms with Gasteiger partial charge in [-0.05, 0) is 65.8 Å². The lowest BCUT2D eigenvalue weighted by Crippen LogP contribution is -2.28. The molecule has 1 atom stereocenters. The Kier molecular flexibility index (Phi) is 4.26. The molecule has 1 aliphatic carbocycles. The Hall–Kier alpha value is -2.62. The van der Waals surface area contributed by atoms with Gasteiger partial charge in [0.2, 0.25) is 5.91 Å². The fourth-order valence-electron chi connectivity index (χ4n) is 3.26. The van der Waals surface area contributed by atoms with E-state index < -0.39 is 0 Å². The number of hydrogen-bond donors (Lipinski definition) is 1. The second-order valence-corrected chi connectivity index (χ2v) is 6.67. The van der Waals surface area contributed by atoms with Gasteiger partial charge in [0.05, 0.1) is 12.6 Å². The minimum atomic E-state index is -0.259. The van der Waals surface area contributed by atoms with Gasteiger partial charge in [-0.2, -0.15) is 0 Å². The van der Waals surface area contributed by atoms with Gasteiger partial charge in [-0.15, -0.1) is 0 Å². The summed E-state index contributed by atoms with van der Waals surface area (Å²) < 4.78 is 18.6. The van der Waals surface area contributed by atoms with Gasteiger partial charge in [0.1, 0.15) is 11.6 Å². The summed E-state index contributed by atoms with van der Waals surface area (Å²) in [5, 5.41) is 3.06. The van der Waals surface area contributed by atoms with Crippen molar-refractivity contribution in [1.29, 1.82) is 0 Å². The standard InChI is InChI=1S/C21H20FNO2/c22-18-7-5-16(6-8-18)21(15-3-4-15)23-20(24)10-2-14-1-9-19-17(13-14)11-12-25-19/h1-2,5-10,13,15,21H,3-4,11-12H2,(H,23,24). The van der Waals surface area contributed by atoms with E-state index >= 15 is 0 Å². The van der Waals surface area contributed by atoms with Crippen LogP contribution in [0.25, 0.3) is 6.08 Å². The third kappa shape index (κ3) is 3.73. The molecule has 1 amide bonds. The minimum absolute atomic E-state index is 0.0498. The molecule has 2 aromatic rings. The van der Waals surface area contributed by atoms with Crippen LogP contribution in [0.4, 0.5) is 4.39 Å². The van der Waals surface area contributed by atoms with Crippen LogP contribution < -0.4 is 10.1 Å². The highest BCUT2D eigenvalue weighted by Crippen LogP contribution is 2.41. The third-order valence-electron chi connectivity index (χ3n) is 4.76. The van der Waals surface area contributed by atoms with Crippen LogP contribution in [-0.2, 0) is 11.2 Å². The van der Waals surface area contributed by atoms with Crippen molar-refractivity contribution in [2.24, 2.45) is 5.92 Å². The Morgan fingerprint density at radius 1 is 1.20 bits per heavy atom. The summed E-state index contributed by atoms with van der Waals surface area (Å²) in [6, 6.07) is 12.3. The maximum absolute atomic E-state index is 13.1. The van der Waals surface area contributed by atoms with E-state index in [1.807, 2.05) is 18.2 Å². The van der Waals surface area contributed by atoms with Crippen LogP contribution in [0, 0.1) is 11.7 Å². The molecule has 1 fully saturated rings. The lowest BCUT2D eigenvalue weighted by Gasteiger charge is -2.17. The monoisotopic (exact) mass is 337 g/mol. The van der Waals surface area contributed by atoms with Crippen molar-refractivity contribution in [3.63, 3.8) is 0 Å². The van der Waals surface area contributed by atoms with Crippen molar-refractivity contribution in [3.05, 3.63) is 71.0 Å². The van der Waals surface area contributed by atoms with Gasteiger partial charge in [-0.1, -0.05) is 18.2 Å². The van der Waals surface area contributed by atoms with Gasteiger partial charge in [-0.3, -0.25) is 4.79 Å². The van der Waals surface area contributed by atoms with Crippen molar-refractivity contribution in [2.75, 3.05) is 6.61 Å². The fraction of sp³-hybridized carbons (Fsp3) is 0.286. The fourth-order valence-corrected chi connectivity index (χ4v) is 3.26. The summed E-state index contributed by atoms with van der Waals surface area (Å²) in [6.07, 6.45) is 6.49. The maximum Gasteiger partial charge on any atom is 0.244 e. The van der Waals surface area contributed by atoms with Crippen LogP contribution in [0.2, 0.25) is 0 Å². The lowest BCUT2D eigenvalue weighted by atomic mass is 10.0. The first-order valence-corrected chi connectivity index (χ1v) is 8.69. The number of benzene rings is 2. The average molecular weight is 337 g/mol. The van der Waals surface area contributed by atoms with E-state index in [2.05, 4.69) is 11.4 Å². The molecule has 0 aromatic heterocycles. The molecule has 0 bridgehead atoms. The Labute approximate surface area is 146 Å². The average Bonchev–Trinajstić information content (AvgIpc) is 3.35. The Balaban J connectivity index is 1.44. The number of hydrogen-bond acceptors (Lipinski definition) is 2. The molecule has 2 aromatic carbocycles. The predicted molar refractivity (Wildman–Crippen MR) is 94.7 cm³/mol. The first kappa shape index (κ1) is 15.9. The zero-order valence-corrected chi connectivity index (χ0v) is 13.9. The molecule has 1 N–H and O–H groups in total. The van der Waals surface area contributed by atoms with Crippen molar-refractivity contribution in [2.45, 2.75) is 25.3 Å². The molecule has 0 radical (unpaired) electrons. The quantitative estimate of drug-likeness (QED) is 0.836. The molecule has 2 aliphatic rings. The molecule has 1 unspecified atom stereocenters. The zero-order chi connectivity index (χ0) is 17.2. The van der Waals surface area contributed by atoms with Crippen molar-refractivity contribution in [3.8, 4) is 5.75 Å². The van der Waals surface area contributed by atoms with Gasteiger partial charge in [0, 0.05) is 12.5 Å². The number of carbonyl (C=O) groups is 1. The number of rotatable bonds is 5. The highest BCUT2D eigenvalue weighted by molar-refractivity contribution is 5.92. The zero-order valence-electron chi connectivity index (χ0n) is 13.9. The molecular formula is C21H20FNO2. The van der Waals surface area contributed by atoms with Gasteiger partial charge >= 0.3 is 0 Å². The highest BCUT2D eigenvalue weighted by atomic mass is 19.1. The summed E-state index contributed by atoms with van der Waals surface area (Å²) in [4.78, 5) is 12.3. The van der Waals surface area contributed by atoms with E-state index in [-0.39, 0.29) is 17.8 Å². The van der Waals surface area contributed by atoms with Crippen LogP contribution in [-0.4, -0.2) is 12.5 Å². The van der Waals surface area contributed by atoms with Crippen molar-refractivity contribution in [1.82, 2.24) is 5.32 Å². The molecule has 4 rings (SSSR count). The molecule has 4 heteroatoms. The van der Waals surface area contributed by atoms with E-state index in [1.54, 1.807) is 18.2 Å². The topological polar surface area (TPSA) is 38.3 Å². The van der Waals surface area contributed by atoms with Gasteiger partial charge < -0.3 is 10.1 Å². The van der Waals surface area contributed by atoms with Crippen LogP contribution >= 0.6 is 0 Å². The van der Waals surface area contributed by atoms with E-state index in [1.165, 1.54) is 17.7 Å². The summed E-state index contributed by atoms with van der Waals surface area (Å²) in [5.41, 5.74) is 3.13. The van der Waals surface area contributed by atoms with Crippen LogP contribution in [0.3, 0.4) is 0 Å². The largest absolute Gasteiger partial charge is 0.493 e. The summed E-state index contributed by atoms with van der Waals surface area (Å²) in [5.74, 6) is 0.995. The first-order valence-electron chi connectivity index (χ1n) is 8.69. The van der Waals surface area contributed by atoms with E-state index in [0.717, 1.165) is 42.7 Å². The predicted octanol–water partition coefficient (Wildman–Crippen LogP) is 4.04. The van der Waals surface area contributed by atoms with Crippen LogP contribution in [0.15, 0.2) is 48.5 Å². The molecule has 0 saturated heterocycles. The Morgan fingerprint density at radius 2 is 2.00 bits per heavy atom. The third-order valence-corrected chi connectivity index (χ3v) is 4.76. The van der Waals surface area contributed by atoms with E-state index in [9.17, 15) is 9.18 Å². The smallest absolute Gasteiger partial charge is 0.244 e. The maximum atomic E-state index is 13.1. The van der Waals surface area contributed by atoms with Gasteiger partial charge in [0.15, 0.2) is 0 Å². The Morgan fingerprint density at radius 3 is 2.76 bits per heavy atom. The number of fused-ring (bicyclic) bond motifs is 1. The Bertz CT molecular complexity index is 809. The lowest BCUT2D eigenvalue weighted by molar-refractivity contribution is -0.117. The second-order valence-electron chi connectivity index (χ2n) is 6.67. The molecular weight excluding hydrogens is 317 g/mol. The summed E-state index contributed by atoms with van der Waals surface area (Å²) in [7, 11) is 0. The van der Waals surface area contributed by atoms with Gasteiger partial charge in [-0.25, -0.2) is 4.39 Å². The molecule has 3 nitrogen and oxygen atoms in total. The highest BCUT2D eigenvalue weighted by Gasteiger charge is 2.33. The van der Waals surface area contributed by atoms with E-state index in [0.29, 0.717) is 5.92 Å². The first-order chi connectivity index (χ1) is 12.2. The number of carbonyl (C=O) groups excluding carboxylic acids is 1. The van der Waals surface area contributed by atoms with Crippen LogP contribution in [0.1, 0.15) is 35.6 Å². The molecule has 25 heavy (non-hydrogen) atoms. The normalized spacial score (nSPS) is 17.2.